The highest BCUT2D eigenvalue weighted by Gasteiger charge is 2.31. The second kappa shape index (κ2) is 8.08. The van der Waals surface area contributed by atoms with Crippen LogP contribution in [0.5, 0.6) is 0 Å². The van der Waals surface area contributed by atoms with Crippen LogP contribution in [0.3, 0.4) is 0 Å². The molecule has 2 fully saturated rings. The average molecular weight is 330 g/mol. The van der Waals surface area contributed by atoms with E-state index in [4.69, 9.17) is 5.73 Å². The van der Waals surface area contributed by atoms with Crippen molar-refractivity contribution in [3.63, 3.8) is 0 Å². The van der Waals surface area contributed by atoms with Gasteiger partial charge in [0, 0.05) is 25.5 Å². The Balaban J connectivity index is 1.46. The number of rotatable bonds is 4. The molecule has 3 rings (SSSR count). The molecule has 0 saturated carbocycles. The van der Waals surface area contributed by atoms with Crippen LogP contribution in [0, 0.1) is 11.8 Å². The van der Waals surface area contributed by atoms with E-state index in [-0.39, 0.29) is 5.91 Å². The van der Waals surface area contributed by atoms with Crippen molar-refractivity contribution in [1.82, 2.24) is 14.8 Å². The quantitative estimate of drug-likeness (QED) is 0.909. The zero-order chi connectivity index (χ0) is 16.9. The molecule has 2 saturated heterocycles. The van der Waals surface area contributed by atoms with Gasteiger partial charge in [-0.2, -0.15) is 0 Å². The molecule has 0 aromatic carbocycles. The fourth-order valence-electron chi connectivity index (χ4n) is 4.19. The average Bonchev–Trinajstić information content (AvgIpc) is 2.63. The van der Waals surface area contributed by atoms with Crippen LogP contribution in [0.1, 0.15) is 31.2 Å². The fraction of sp³-hybridized carbons (Fsp3) is 0.684. The predicted octanol–water partition coefficient (Wildman–Crippen LogP) is 1.53. The normalized spacial score (nSPS) is 22.5. The van der Waals surface area contributed by atoms with Crippen molar-refractivity contribution in [2.24, 2.45) is 17.6 Å². The van der Waals surface area contributed by atoms with Crippen molar-refractivity contribution in [3.05, 3.63) is 30.1 Å². The molecule has 1 aromatic rings. The van der Waals surface area contributed by atoms with Crippen molar-refractivity contribution >= 4 is 5.91 Å². The molecule has 0 bridgehead atoms. The number of amides is 1. The summed E-state index contributed by atoms with van der Waals surface area (Å²) in [6, 6.07) is 3.42. The molecule has 132 valence electrons. The number of hydrogen-bond donors (Lipinski definition) is 1. The molecule has 5 nitrogen and oxygen atoms in total. The van der Waals surface area contributed by atoms with Gasteiger partial charge in [0.2, 0.25) is 5.91 Å². The zero-order valence-electron chi connectivity index (χ0n) is 14.7. The third kappa shape index (κ3) is 4.33. The maximum absolute atomic E-state index is 12.6. The number of pyridine rings is 1. The van der Waals surface area contributed by atoms with Crippen molar-refractivity contribution in [3.8, 4) is 0 Å². The minimum Gasteiger partial charge on any atom is -0.341 e. The standard InChI is InChI=1S/C19H30N4O/c1-22-10-4-16(5-11-22)17-6-12-23(13-7-17)19(24)18(20)14-15-2-8-21-9-3-15/h2-3,8-9,16-18H,4-7,10-14,20H2,1H3/t18-/m1/s1. The lowest BCUT2D eigenvalue weighted by molar-refractivity contribution is -0.134. The predicted molar refractivity (Wildman–Crippen MR) is 95.4 cm³/mol. The SMILES string of the molecule is CN1CCC(C2CCN(C(=O)[C@H](N)Cc3ccncc3)CC2)CC1. The highest BCUT2D eigenvalue weighted by Crippen LogP contribution is 2.32. The van der Waals surface area contributed by atoms with Crippen molar-refractivity contribution in [2.75, 3.05) is 33.2 Å². The van der Waals surface area contributed by atoms with Crippen LogP contribution in [-0.2, 0) is 11.2 Å². The Morgan fingerprint density at radius 2 is 1.67 bits per heavy atom. The molecule has 1 atom stereocenters. The third-order valence-electron chi connectivity index (χ3n) is 5.80. The van der Waals surface area contributed by atoms with Gasteiger partial charge in [0.25, 0.3) is 0 Å². The Hall–Kier alpha value is -1.46. The highest BCUT2D eigenvalue weighted by atomic mass is 16.2. The van der Waals surface area contributed by atoms with Crippen LogP contribution in [0.2, 0.25) is 0 Å². The molecule has 3 heterocycles. The monoisotopic (exact) mass is 330 g/mol. The number of nitrogens with zero attached hydrogens (tertiary/aromatic N) is 3. The zero-order valence-corrected chi connectivity index (χ0v) is 14.7. The van der Waals surface area contributed by atoms with E-state index >= 15 is 0 Å². The minimum absolute atomic E-state index is 0.105. The Morgan fingerprint density at radius 3 is 2.25 bits per heavy atom. The van der Waals surface area contributed by atoms with Crippen molar-refractivity contribution in [2.45, 2.75) is 38.1 Å². The van der Waals surface area contributed by atoms with Gasteiger partial charge < -0.3 is 15.5 Å². The summed E-state index contributed by atoms with van der Waals surface area (Å²) in [5, 5.41) is 0. The second-order valence-corrected chi connectivity index (χ2v) is 7.47. The minimum atomic E-state index is -0.438. The molecular weight excluding hydrogens is 300 g/mol. The van der Waals surface area contributed by atoms with Gasteiger partial charge in [-0.15, -0.1) is 0 Å². The van der Waals surface area contributed by atoms with Gasteiger partial charge in [-0.1, -0.05) is 0 Å². The maximum Gasteiger partial charge on any atom is 0.239 e. The van der Waals surface area contributed by atoms with E-state index in [1.165, 1.54) is 25.9 Å². The van der Waals surface area contributed by atoms with E-state index in [0.29, 0.717) is 6.42 Å². The first-order chi connectivity index (χ1) is 11.6. The first kappa shape index (κ1) is 17.4. The molecule has 1 amide bonds. The van der Waals surface area contributed by atoms with Gasteiger partial charge >= 0.3 is 0 Å². The van der Waals surface area contributed by atoms with Gasteiger partial charge in [0.1, 0.15) is 0 Å². The topological polar surface area (TPSA) is 62.5 Å². The lowest BCUT2D eigenvalue weighted by Crippen LogP contribution is -2.49. The Kier molecular flexibility index (Phi) is 5.85. The van der Waals surface area contributed by atoms with Crippen LogP contribution >= 0.6 is 0 Å². The fourth-order valence-corrected chi connectivity index (χ4v) is 4.19. The summed E-state index contributed by atoms with van der Waals surface area (Å²) in [4.78, 5) is 21.0. The molecule has 0 unspecified atom stereocenters. The lowest BCUT2D eigenvalue weighted by Gasteiger charge is -2.40. The molecule has 1 aromatic heterocycles. The van der Waals surface area contributed by atoms with Crippen molar-refractivity contribution in [1.29, 1.82) is 0 Å². The molecule has 2 aliphatic rings. The number of aromatic nitrogens is 1. The second-order valence-electron chi connectivity index (χ2n) is 7.47. The van der Waals surface area contributed by atoms with Gasteiger partial charge in [0.15, 0.2) is 0 Å². The Morgan fingerprint density at radius 1 is 1.12 bits per heavy atom. The van der Waals surface area contributed by atoms with Gasteiger partial charge in [-0.25, -0.2) is 0 Å². The molecule has 5 heteroatoms. The number of carbonyl (C=O) groups is 1. The maximum atomic E-state index is 12.6. The number of piperidine rings is 2. The van der Waals surface area contributed by atoms with E-state index in [0.717, 1.165) is 43.3 Å². The van der Waals surface area contributed by atoms with Crippen LogP contribution < -0.4 is 5.73 Å². The molecule has 2 N–H and O–H groups in total. The summed E-state index contributed by atoms with van der Waals surface area (Å²) in [5.74, 6) is 1.75. The van der Waals surface area contributed by atoms with Crippen LogP contribution in [-0.4, -0.2) is 60.0 Å². The smallest absolute Gasteiger partial charge is 0.239 e. The highest BCUT2D eigenvalue weighted by molar-refractivity contribution is 5.82. The van der Waals surface area contributed by atoms with E-state index < -0.39 is 6.04 Å². The molecule has 0 spiro atoms. The van der Waals surface area contributed by atoms with Crippen LogP contribution in [0.4, 0.5) is 0 Å². The van der Waals surface area contributed by atoms with Gasteiger partial charge in [-0.3, -0.25) is 9.78 Å². The van der Waals surface area contributed by atoms with E-state index in [1.54, 1.807) is 12.4 Å². The number of likely N-dealkylation sites (tertiary alicyclic amines) is 2. The summed E-state index contributed by atoms with van der Waals surface area (Å²) in [6.07, 6.45) is 9.01. The summed E-state index contributed by atoms with van der Waals surface area (Å²) in [5.41, 5.74) is 7.23. The molecule has 0 aliphatic carbocycles. The van der Waals surface area contributed by atoms with Gasteiger partial charge in [-0.05, 0) is 81.8 Å². The molecule has 2 aliphatic heterocycles. The first-order valence-corrected chi connectivity index (χ1v) is 9.25. The van der Waals surface area contributed by atoms with Crippen molar-refractivity contribution < 1.29 is 4.79 Å². The summed E-state index contributed by atoms with van der Waals surface area (Å²) < 4.78 is 0. The number of carbonyl (C=O) groups excluding carboxylic acids is 1. The van der Waals surface area contributed by atoms with E-state index in [9.17, 15) is 4.79 Å². The van der Waals surface area contributed by atoms with E-state index in [2.05, 4.69) is 16.9 Å². The Bertz CT molecular complexity index is 519. The molecule has 0 radical (unpaired) electrons. The summed E-state index contributed by atoms with van der Waals surface area (Å²) >= 11 is 0. The number of hydrogen-bond acceptors (Lipinski definition) is 4. The van der Waals surface area contributed by atoms with E-state index in [1.807, 2.05) is 17.0 Å². The molecular formula is C19H30N4O. The lowest BCUT2D eigenvalue weighted by atomic mass is 9.79. The summed E-state index contributed by atoms with van der Waals surface area (Å²) in [7, 11) is 2.21. The Labute approximate surface area is 145 Å². The number of nitrogens with two attached hydrogens (primary N) is 1. The first-order valence-electron chi connectivity index (χ1n) is 9.25. The third-order valence-corrected chi connectivity index (χ3v) is 5.80. The molecule has 24 heavy (non-hydrogen) atoms. The largest absolute Gasteiger partial charge is 0.341 e. The summed E-state index contributed by atoms with van der Waals surface area (Å²) in [6.45, 7) is 4.20. The van der Waals surface area contributed by atoms with Crippen LogP contribution in [0.25, 0.3) is 0 Å². The van der Waals surface area contributed by atoms with Crippen LogP contribution in [0.15, 0.2) is 24.5 Å². The van der Waals surface area contributed by atoms with Gasteiger partial charge in [0.05, 0.1) is 6.04 Å².